The Hall–Kier alpha value is -0.950. The summed E-state index contributed by atoms with van der Waals surface area (Å²) in [6, 6.07) is 0. The molecule has 1 amide bonds. The summed E-state index contributed by atoms with van der Waals surface area (Å²) < 4.78 is 0. The van der Waals surface area contributed by atoms with E-state index < -0.39 is 6.09 Å². The number of nitrogens with zero attached hydrogens (tertiary/aromatic N) is 1. The van der Waals surface area contributed by atoms with Crippen molar-refractivity contribution in [3.8, 4) is 0 Å². The molecule has 0 aliphatic carbocycles. The van der Waals surface area contributed by atoms with E-state index in [0.29, 0.717) is 4.90 Å². The Labute approximate surface area is 73.9 Å². The van der Waals surface area contributed by atoms with Crippen molar-refractivity contribution in [1.82, 2.24) is 4.90 Å². The molecule has 0 aliphatic heterocycles. The number of hydrogen-bond acceptors (Lipinski definition) is 3. The lowest BCUT2D eigenvalue weighted by Gasteiger charge is -2.15. The maximum Gasteiger partial charge on any atom is 0.414 e. The predicted molar refractivity (Wildman–Crippen MR) is 48.3 cm³/mol. The monoisotopic (exact) mass is 193 g/mol. The number of amides is 1. The van der Waals surface area contributed by atoms with Crippen molar-refractivity contribution in [2.24, 2.45) is 11.5 Å². The van der Waals surface area contributed by atoms with E-state index in [1.165, 1.54) is 0 Å². The molecule has 0 radical (unpaired) electrons. The maximum atomic E-state index is 10.3. The molecular weight excluding hydrogens is 186 g/mol. The normalized spacial score (nSPS) is 8.73. The van der Waals surface area contributed by atoms with Crippen molar-refractivity contribution in [3.05, 3.63) is 0 Å². The van der Waals surface area contributed by atoms with Crippen LogP contribution in [0.15, 0.2) is 0 Å². The van der Waals surface area contributed by atoms with Crippen LogP contribution in [0.1, 0.15) is 0 Å². The van der Waals surface area contributed by atoms with E-state index in [1.54, 1.807) is 0 Å². The Morgan fingerprint density at radius 3 is 2.00 bits per heavy atom. The van der Waals surface area contributed by atoms with Crippen molar-refractivity contribution in [2.45, 2.75) is 0 Å². The standard InChI is InChI=1S/C4H7N3O2S2/c5-2(10)1-7(3(6)11)4(8)9/h1H2,(H2,5,10)(H2,6,11)(H,8,9). The Morgan fingerprint density at radius 1 is 1.45 bits per heavy atom. The van der Waals surface area contributed by atoms with Gasteiger partial charge in [-0.2, -0.15) is 0 Å². The van der Waals surface area contributed by atoms with Gasteiger partial charge in [0.05, 0.1) is 11.5 Å². The van der Waals surface area contributed by atoms with E-state index in [9.17, 15) is 4.79 Å². The summed E-state index contributed by atoms with van der Waals surface area (Å²) in [5, 5.41) is 8.18. The zero-order valence-corrected chi connectivity index (χ0v) is 7.11. The molecule has 0 fully saturated rings. The van der Waals surface area contributed by atoms with E-state index in [0.717, 1.165) is 0 Å². The number of nitrogens with two attached hydrogens (primary N) is 2. The van der Waals surface area contributed by atoms with Crippen LogP contribution in [0.2, 0.25) is 0 Å². The van der Waals surface area contributed by atoms with E-state index in [4.69, 9.17) is 16.6 Å². The second kappa shape index (κ2) is 4.04. The van der Waals surface area contributed by atoms with Gasteiger partial charge in [-0.25, -0.2) is 9.69 Å². The van der Waals surface area contributed by atoms with Crippen molar-refractivity contribution >= 4 is 40.6 Å². The third-order valence-electron chi connectivity index (χ3n) is 0.811. The van der Waals surface area contributed by atoms with Gasteiger partial charge in [-0.15, -0.1) is 0 Å². The van der Waals surface area contributed by atoms with Gasteiger partial charge in [0, 0.05) is 0 Å². The highest BCUT2D eigenvalue weighted by atomic mass is 32.1. The van der Waals surface area contributed by atoms with Crippen LogP contribution >= 0.6 is 24.4 Å². The molecule has 0 unspecified atom stereocenters. The molecule has 0 saturated heterocycles. The average Bonchev–Trinajstić information content (AvgIpc) is 1.81. The van der Waals surface area contributed by atoms with Crippen LogP contribution in [0, 0.1) is 0 Å². The minimum absolute atomic E-state index is 0.0280. The molecule has 0 spiro atoms. The predicted octanol–water partition coefficient (Wildman–Crippen LogP) is -0.504. The Morgan fingerprint density at radius 2 is 1.91 bits per heavy atom. The smallest absolute Gasteiger partial charge is 0.414 e. The van der Waals surface area contributed by atoms with Crippen LogP contribution in [0.25, 0.3) is 0 Å². The molecule has 0 saturated carbocycles. The quantitative estimate of drug-likeness (QED) is 0.512. The first-order valence-electron chi connectivity index (χ1n) is 2.53. The maximum absolute atomic E-state index is 10.3. The van der Waals surface area contributed by atoms with Gasteiger partial charge >= 0.3 is 6.09 Å². The van der Waals surface area contributed by atoms with Gasteiger partial charge in [0.1, 0.15) is 0 Å². The van der Waals surface area contributed by atoms with Crippen LogP contribution in [-0.4, -0.2) is 32.7 Å². The third kappa shape index (κ3) is 3.68. The van der Waals surface area contributed by atoms with Gasteiger partial charge in [-0.1, -0.05) is 12.2 Å². The number of carbonyl (C=O) groups is 1. The second-order valence-electron chi connectivity index (χ2n) is 1.67. The minimum Gasteiger partial charge on any atom is -0.465 e. The molecular formula is C4H7N3O2S2. The summed E-state index contributed by atoms with van der Waals surface area (Å²) in [5.41, 5.74) is 10.1. The molecule has 0 aromatic carbocycles. The summed E-state index contributed by atoms with van der Waals surface area (Å²) in [7, 11) is 0. The number of carboxylic acid groups (broad SMARTS) is 1. The largest absolute Gasteiger partial charge is 0.465 e. The molecule has 0 aromatic heterocycles. The van der Waals surface area contributed by atoms with Crippen molar-refractivity contribution in [2.75, 3.05) is 6.54 Å². The first-order valence-corrected chi connectivity index (χ1v) is 3.35. The summed E-state index contributed by atoms with van der Waals surface area (Å²) in [6.07, 6.45) is -1.26. The minimum atomic E-state index is -1.26. The Balaban J connectivity index is 4.23. The number of rotatable bonds is 2. The fourth-order valence-electron chi connectivity index (χ4n) is 0.396. The molecule has 0 atom stereocenters. The van der Waals surface area contributed by atoms with Gasteiger partial charge in [-0.05, 0) is 12.2 Å². The van der Waals surface area contributed by atoms with Gasteiger partial charge in [0.2, 0.25) is 0 Å². The molecule has 0 heterocycles. The second-order valence-corrected chi connectivity index (χ2v) is 2.62. The van der Waals surface area contributed by atoms with Crippen LogP contribution in [0.5, 0.6) is 0 Å². The molecule has 5 nitrogen and oxygen atoms in total. The van der Waals surface area contributed by atoms with Crippen molar-refractivity contribution in [1.29, 1.82) is 0 Å². The fourth-order valence-corrected chi connectivity index (χ4v) is 0.667. The highest BCUT2D eigenvalue weighted by molar-refractivity contribution is 7.80. The van der Waals surface area contributed by atoms with Gasteiger partial charge in [0.15, 0.2) is 5.11 Å². The van der Waals surface area contributed by atoms with E-state index >= 15 is 0 Å². The number of thiocarbonyl (C=S) groups is 2. The van der Waals surface area contributed by atoms with E-state index in [-0.39, 0.29) is 16.6 Å². The molecule has 0 aromatic rings. The molecule has 62 valence electrons. The molecule has 0 bridgehead atoms. The lowest BCUT2D eigenvalue weighted by molar-refractivity contribution is 0.173. The van der Waals surface area contributed by atoms with Crippen LogP contribution in [0.3, 0.4) is 0 Å². The third-order valence-corrected chi connectivity index (χ3v) is 1.16. The SMILES string of the molecule is NC(=S)CN(C(=O)O)C(N)=S. The zero-order chi connectivity index (χ0) is 9.02. The first-order chi connectivity index (χ1) is 4.95. The van der Waals surface area contributed by atoms with Crippen LogP contribution in [-0.2, 0) is 0 Å². The van der Waals surface area contributed by atoms with Gasteiger partial charge in [-0.3, -0.25) is 0 Å². The molecule has 0 aliphatic rings. The van der Waals surface area contributed by atoms with Crippen molar-refractivity contribution < 1.29 is 9.90 Å². The zero-order valence-electron chi connectivity index (χ0n) is 5.48. The molecule has 7 heteroatoms. The van der Waals surface area contributed by atoms with Gasteiger partial charge < -0.3 is 16.6 Å². The fraction of sp³-hybridized carbons (Fsp3) is 0.250. The first kappa shape index (κ1) is 10.0. The highest BCUT2D eigenvalue weighted by Gasteiger charge is 2.14. The molecule has 0 rings (SSSR count). The summed E-state index contributed by atoms with van der Waals surface area (Å²) in [6.45, 7) is -0.139. The lowest BCUT2D eigenvalue weighted by atomic mass is 10.6. The topological polar surface area (TPSA) is 92.6 Å². The number of hydrogen-bond donors (Lipinski definition) is 3. The summed E-state index contributed by atoms with van der Waals surface area (Å²) in [4.78, 5) is 11.0. The van der Waals surface area contributed by atoms with E-state index in [1.807, 2.05) is 0 Å². The Kier molecular flexibility index (Phi) is 3.69. The average molecular weight is 193 g/mol. The summed E-state index contributed by atoms with van der Waals surface area (Å²) in [5.74, 6) is 0. The van der Waals surface area contributed by atoms with Crippen molar-refractivity contribution in [3.63, 3.8) is 0 Å². The lowest BCUT2D eigenvalue weighted by Crippen LogP contribution is -2.44. The Bertz CT molecular complexity index is 192. The van der Waals surface area contributed by atoms with Crippen LogP contribution in [0.4, 0.5) is 4.79 Å². The van der Waals surface area contributed by atoms with Gasteiger partial charge in [0.25, 0.3) is 0 Å². The highest BCUT2D eigenvalue weighted by Crippen LogP contribution is 1.88. The van der Waals surface area contributed by atoms with Crippen LogP contribution < -0.4 is 11.5 Å². The summed E-state index contributed by atoms with van der Waals surface area (Å²) >= 11 is 8.89. The molecule has 5 N–H and O–H groups in total. The molecule has 11 heavy (non-hydrogen) atoms. The van der Waals surface area contributed by atoms with E-state index in [2.05, 4.69) is 24.4 Å².